The number of hydrogen-bond donors (Lipinski definition) is 0. The summed E-state index contributed by atoms with van der Waals surface area (Å²) < 4.78 is 0. The van der Waals surface area contributed by atoms with Crippen molar-refractivity contribution in [2.24, 2.45) is 0 Å². The molecule has 2 aliphatic heterocycles. The Morgan fingerprint density at radius 1 is 0.583 bits per heavy atom. The summed E-state index contributed by atoms with van der Waals surface area (Å²) in [4.78, 5) is 45.5. The van der Waals surface area contributed by atoms with E-state index < -0.39 is 11.8 Å². The molecule has 0 atom stereocenters. The molecule has 0 bridgehead atoms. The molecular formula is C29H46N2O4Y-2. The molecule has 2 heterocycles. The van der Waals surface area contributed by atoms with Crippen molar-refractivity contribution in [3.63, 3.8) is 0 Å². The van der Waals surface area contributed by atoms with Crippen LogP contribution < -0.4 is 0 Å². The minimum atomic E-state index is -0.425. The molecule has 7 heteroatoms. The predicted octanol–water partition coefficient (Wildman–Crippen LogP) is 8.24. The number of carbonyl (C=O) groups excluding carboxylic acids is 4. The Bertz CT molecular complexity index is 815. The summed E-state index contributed by atoms with van der Waals surface area (Å²) in [5, 5.41) is 3.28. The number of imide groups is 2. The number of hydrogen-bond acceptors (Lipinski definition) is 4. The third-order valence-corrected chi connectivity index (χ3v) is 3.59. The molecule has 0 fully saturated rings. The van der Waals surface area contributed by atoms with Crippen LogP contribution in [0.3, 0.4) is 0 Å². The van der Waals surface area contributed by atoms with Gasteiger partial charge in [0.1, 0.15) is 0 Å². The average Bonchev–Trinajstić information content (AvgIpc) is 3.32. The summed E-state index contributed by atoms with van der Waals surface area (Å²) in [6, 6.07) is 13.5. The minimum absolute atomic E-state index is 0. The molecule has 4 rings (SSSR count). The van der Waals surface area contributed by atoms with E-state index in [1.54, 1.807) is 48.5 Å². The fourth-order valence-electron chi connectivity index (χ4n) is 2.38. The third-order valence-electron chi connectivity index (χ3n) is 3.59. The summed E-state index contributed by atoms with van der Waals surface area (Å²) in [5.74, 6) is -1.28. The average molecular weight is 576 g/mol. The second-order valence-corrected chi connectivity index (χ2v) is 5.69. The Kier molecular flexibility index (Phi) is 33.4. The molecule has 0 N–H and O–H groups in total. The molecule has 0 aliphatic carbocycles. The first kappa shape index (κ1) is 43.9. The Hall–Kier alpha value is -2.18. The van der Waals surface area contributed by atoms with Crippen molar-refractivity contribution >= 4 is 23.6 Å². The zero-order valence-corrected chi connectivity index (χ0v) is 27.3. The summed E-state index contributed by atoms with van der Waals surface area (Å²) >= 11 is 0. The number of nitrogens with zero attached hydrogens (tertiary/aromatic N) is 2. The molecule has 2 aromatic carbocycles. The van der Waals surface area contributed by atoms with Gasteiger partial charge in [-0.05, 0) is 12.1 Å². The molecule has 0 saturated carbocycles. The molecule has 0 unspecified atom stereocenters. The van der Waals surface area contributed by atoms with Gasteiger partial charge in [0.25, 0.3) is 11.8 Å². The van der Waals surface area contributed by atoms with Crippen LogP contribution in [-0.2, 0) is 32.7 Å². The van der Waals surface area contributed by atoms with E-state index in [0.29, 0.717) is 22.3 Å². The minimum Gasteiger partial charge on any atom is -0.587 e. The Balaban J connectivity index is -0.000000124. The van der Waals surface area contributed by atoms with Crippen LogP contribution in [0.4, 0.5) is 0 Å². The normalized spacial score (nSPS) is 10.7. The first-order chi connectivity index (χ1) is 16.4. The Morgan fingerprint density at radius 2 is 0.806 bits per heavy atom. The summed E-state index contributed by atoms with van der Waals surface area (Å²) in [6.45, 7) is 20.2. The van der Waals surface area contributed by atoms with Gasteiger partial charge in [0.2, 0.25) is 0 Å². The van der Waals surface area contributed by atoms with Gasteiger partial charge in [-0.3, -0.25) is 14.5 Å². The molecule has 2 aromatic rings. The fourth-order valence-corrected chi connectivity index (χ4v) is 2.38. The van der Waals surface area contributed by atoms with Crippen LogP contribution in [0.15, 0.2) is 48.5 Å². The van der Waals surface area contributed by atoms with E-state index in [4.69, 9.17) is 0 Å². The van der Waals surface area contributed by atoms with Crippen LogP contribution in [-0.4, -0.2) is 35.6 Å². The van der Waals surface area contributed by atoms with E-state index in [1.165, 1.54) is 13.5 Å². The Labute approximate surface area is 245 Å². The second-order valence-electron chi connectivity index (χ2n) is 5.69. The maximum absolute atomic E-state index is 11.3. The maximum Gasteiger partial charge on any atom is 0.261 e. The Morgan fingerprint density at radius 3 is 1.06 bits per heavy atom. The smallest absolute Gasteiger partial charge is 0.261 e. The van der Waals surface area contributed by atoms with Gasteiger partial charge in [-0.1, -0.05) is 112 Å². The first-order valence-electron chi connectivity index (χ1n) is 12.2. The predicted molar refractivity (Wildman–Crippen MR) is 149 cm³/mol. The second kappa shape index (κ2) is 27.4. The van der Waals surface area contributed by atoms with Gasteiger partial charge in [-0.25, -0.2) is 0 Å². The van der Waals surface area contributed by atoms with Gasteiger partial charge in [-0.2, -0.15) is 0 Å². The van der Waals surface area contributed by atoms with Crippen LogP contribution in [0.2, 0.25) is 0 Å². The van der Waals surface area contributed by atoms with Crippen molar-refractivity contribution in [2.45, 2.75) is 75.7 Å². The number of rotatable bonds is 0. The van der Waals surface area contributed by atoms with Gasteiger partial charge >= 0.3 is 0 Å². The number of amides is 4. The largest absolute Gasteiger partial charge is 0.587 e. The third kappa shape index (κ3) is 13.2. The monoisotopic (exact) mass is 575 g/mol. The van der Waals surface area contributed by atoms with Crippen molar-refractivity contribution in [3.05, 3.63) is 83.5 Å². The standard InChI is InChI=1S/C9H7NO2.C8H5NO2.C3H8.4C2H6.CH3.Y/c1-10-8(11)6-4-2-3-5-7(6)9(10)12;10-7-5-3-1-2-4-6(5)8(11)9-7;1-3-2;4*1-2;;/h2-5H,1H3;1-4H,(H,9,10,11);3H2,1-2H3;4*1-2H3;1H3;/q;;;;;;;-1;/p-1. The SMILES string of the molecule is CC.CC.CC.CC.CCC.CN1C(=O)c2ccccc2C1=O.O=C1[N-]C(=O)c2ccccc21.[CH3-].[Y]. The van der Waals surface area contributed by atoms with Gasteiger partial charge in [0, 0.05) is 50.9 Å². The van der Waals surface area contributed by atoms with Crippen molar-refractivity contribution in [1.82, 2.24) is 4.90 Å². The first-order valence-corrected chi connectivity index (χ1v) is 12.2. The van der Waals surface area contributed by atoms with Crippen molar-refractivity contribution < 1.29 is 51.9 Å². The molecule has 201 valence electrons. The molecule has 2 aliphatic rings. The molecule has 1 radical (unpaired) electrons. The van der Waals surface area contributed by atoms with Gasteiger partial charge in [0.15, 0.2) is 0 Å². The molecule has 4 amide bonds. The quantitative estimate of drug-likeness (QED) is 0.234. The van der Waals surface area contributed by atoms with Crippen LogP contribution in [0, 0.1) is 7.43 Å². The molecule has 36 heavy (non-hydrogen) atoms. The molecule has 0 saturated heterocycles. The maximum atomic E-state index is 11.3. The number of benzene rings is 2. The van der Waals surface area contributed by atoms with Crippen molar-refractivity contribution in [2.75, 3.05) is 7.05 Å². The van der Waals surface area contributed by atoms with Crippen molar-refractivity contribution in [3.8, 4) is 0 Å². The number of carbonyl (C=O) groups is 4. The van der Waals surface area contributed by atoms with E-state index >= 15 is 0 Å². The molecule has 6 nitrogen and oxygen atoms in total. The zero-order valence-electron chi connectivity index (χ0n) is 24.4. The molecular weight excluding hydrogens is 529 g/mol. The van der Waals surface area contributed by atoms with Crippen LogP contribution in [0.5, 0.6) is 0 Å². The van der Waals surface area contributed by atoms with E-state index in [9.17, 15) is 19.2 Å². The van der Waals surface area contributed by atoms with E-state index in [1.807, 2.05) is 55.4 Å². The van der Waals surface area contributed by atoms with Crippen molar-refractivity contribution in [1.29, 1.82) is 0 Å². The van der Waals surface area contributed by atoms with E-state index in [2.05, 4.69) is 19.2 Å². The van der Waals surface area contributed by atoms with Crippen LogP contribution in [0.1, 0.15) is 117 Å². The van der Waals surface area contributed by atoms with Crippen LogP contribution in [0.25, 0.3) is 5.32 Å². The van der Waals surface area contributed by atoms with E-state index in [0.717, 1.165) is 4.90 Å². The summed E-state index contributed by atoms with van der Waals surface area (Å²) in [6.07, 6.45) is 1.25. The number of fused-ring (bicyclic) bond motifs is 2. The van der Waals surface area contributed by atoms with Gasteiger partial charge < -0.3 is 22.3 Å². The summed E-state index contributed by atoms with van der Waals surface area (Å²) in [5.41, 5.74) is 1.84. The fraction of sp³-hybridized carbons (Fsp3) is 0.414. The van der Waals surface area contributed by atoms with Gasteiger partial charge in [0.05, 0.1) is 22.9 Å². The van der Waals surface area contributed by atoms with Gasteiger partial charge in [-0.15, -0.1) is 0 Å². The van der Waals surface area contributed by atoms with E-state index in [-0.39, 0.29) is 52.0 Å². The zero-order chi connectivity index (χ0) is 27.3. The van der Waals surface area contributed by atoms with Crippen LogP contribution >= 0.6 is 0 Å². The molecule has 0 aromatic heterocycles. The molecule has 0 spiro atoms. The topological polar surface area (TPSA) is 85.6 Å². The summed E-state index contributed by atoms with van der Waals surface area (Å²) in [7, 11) is 1.49.